The summed E-state index contributed by atoms with van der Waals surface area (Å²) in [5.74, 6) is 0. The summed E-state index contributed by atoms with van der Waals surface area (Å²) in [5.41, 5.74) is 2.86. The van der Waals surface area contributed by atoms with E-state index in [1.165, 1.54) is 84.4 Å². The predicted octanol–water partition coefficient (Wildman–Crippen LogP) is 4.93. The summed E-state index contributed by atoms with van der Waals surface area (Å²) in [7, 11) is 0. The van der Waals surface area contributed by atoms with Gasteiger partial charge in [0.05, 0.1) is 5.54 Å². The van der Waals surface area contributed by atoms with Crippen molar-refractivity contribution in [3.63, 3.8) is 0 Å². The Morgan fingerprint density at radius 2 is 1.73 bits per heavy atom. The molecule has 1 saturated carbocycles. The van der Waals surface area contributed by atoms with Gasteiger partial charge in [-0.25, -0.2) is 4.98 Å². The Kier molecular flexibility index (Phi) is 6.26. The van der Waals surface area contributed by atoms with E-state index in [0.29, 0.717) is 0 Å². The molecular formula is C27H37N5S. The molecular weight excluding hydrogens is 426 g/mol. The van der Waals surface area contributed by atoms with E-state index in [-0.39, 0.29) is 5.54 Å². The average Bonchev–Trinajstić information content (AvgIpc) is 3.65. The summed E-state index contributed by atoms with van der Waals surface area (Å²) in [5, 5.41) is 5.96. The molecule has 2 aliphatic heterocycles. The molecule has 6 rings (SSSR count). The van der Waals surface area contributed by atoms with E-state index in [4.69, 9.17) is 4.98 Å². The van der Waals surface area contributed by atoms with Gasteiger partial charge in [-0.1, -0.05) is 19.3 Å². The van der Waals surface area contributed by atoms with Gasteiger partial charge in [0.1, 0.15) is 5.01 Å². The van der Waals surface area contributed by atoms with Crippen molar-refractivity contribution in [2.75, 3.05) is 45.8 Å². The van der Waals surface area contributed by atoms with Gasteiger partial charge in [-0.2, -0.15) is 0 Å². The summed E-state index contributed by atoms with van der Waals surface area (Å²) in [4.78, 5) is 11.8. The van der Waals surface area contributed by atoms with Crippen LogP contribution in [0.5, 0.6) is 0 Å². The van der Waals surface area contributed by atoms with Crippen LogP contribution in [0.25, 0.3) is 21.5 Å². The zero-order valence-electron chi connectivity index (χ0n) is 19.8. The fraction of sp³-hybridized carbons (Fsp3) is 0.593. The average molecular weight is 464 g/mol. The molecule has 33 heavy (non-hydrogen) atoms. The standard InChI is InChI=1S/C27H37N5S/c1-2-9-27(10-3-1,32-13-4-5-14-32)25-21-29-26(33-25)23-6-7-24-22(20-23)8-15-31(24)19-18-30-16-11-28-12-17-30/h6-8,15,20-21,28H,1-5,9-14,16-19H2. The molecule has 2 saturated heterocycles. The number of hydrogen-bond acceptors (Lipinski definition) is 5. The first kappa shape index (κ1) is 21.8. The summed E-state index contributed by atoms with van der Waals surface area (Å²) in [6.07, 6.45) is 13.9. The first-order valence-corrected chi connectivity index (χ1v) is 13.9. The smallest absolute Gasteiger partial charge is 0.123 e. The van der Waals surface area contributed by atoms with Crippen molar-refractivity contribution in [1.29, 1.82) is 0 Å². The van der Waals surface area contributed by atoms with Crippen LogP contribution < -0.4 is 5.32 Å². The summed E-state index contributed by atoms with van der Waals surface area (Å²) in [6.45, 7) is 9.27. The lowest BCUT2D eigenvalue weighted by atomic mass is 9.79. The highest BCUT2D eigenvalue weighted by molar-refractivity contribution is 7.15. The van der Waals surface area contributed by atoms with Crippen molar-refractivity contribution >= 4 is 22.2 Å². The molecule has 176 valence electrons. The Labute approximate surface area is 201 Å². The number of thiazole rings is 1. The maximum Gasteiger partial charge on any atom is 0.123 e. The Balaban J connectivity index is 1.22. The van der Waals surface area contributed by atoms with E-state index < -0.39 is 0 Å². The van der Waals surface area contributed by atoms with E-state index in [1.54, 1.807) is 0 Å². The SMILES string of the molecule is c1cc2c(ccn2CCN2CCNCC2)cc1-c1ncc(C2(N3CCCC3)CCCCC2)s1. The first-order chi connectivity index (χ1) is 16.3. The lowest BCUT2D eigenvalue weighted by Crippen LogP contribution is -2.45. The second-order valence-corrected chi connectivity index (χ2v) is 11.2. The monoisotopic (exact) mass is 463 g/mol. The molecule has 1 aliphatic carbocycles. The van der Waals surface area contributed by atoms with Gasteiger partial charge in [0.25, 0.3) is 0 Å². The van der Waals surface area contributed by atoms with Crippen LogP contribution >= 0.6 is 11.3 Å². The van der Waals surface area contributed by atoms with Crippen LogP contribution in [0.2, 0.25) is 0 Å². The summed E-state index contributed by atoms with van der Waals surface area (Å²) in [6, 6.07) is 9.22. The molecule has 0 unspecified atom stereocenters. The van der Waals surface area contributed by atoms with Crippen LogP contribution in [-0.4, -0.2) is 65.2 Å². The fourth-order valence-corrected chi connectivity index (χ4v) is 7.52. The van der Waals surface area contributed by atoms with Crippen LogP contribution in [-0.2, 0) is 12.1 Å². The largest absolute Gasteiger partial charge is 0.346 e. The van der Waals surface area contributed by atoms with Gasteiger partial charge >= 0.3 is 0 Å². The third kappa shape index (κ3) is 4.27. The zero-order valence-corrected chi connectivity index (χ0v) is 20.6. The minimum Gasteiger partial charge on any atom is -0.346 e. The van der Waals surface area contributed by atoms with Crippen molar-refractivity contribution in [2.24, 2.45) is 0 Å². The fourth-order valence-electron chi connectivity index (χ4n) is 6.34. The Morgan fingerprint density at radius 1 is 0.909 bits per heavy atom. The molecule has 4 heterocycles. The minimum atomic E-state index is 0.252. The lowest BCUT2D eigenvalue weighted by Gasteiger charge is -2.44. The molecule has 0 radical (unpaired) electrons. The van der Waals surface area contributed by atoms with Gasteiger partial charge < -0.3 is 9.88 Å². The Morgan fingerprint density at radius 3 is 2.55 bits per heavy atom. The van der Waals surface area contributed by atoms with Crippen molar-refractivity contribution in [2.45, 2.75) is 57.0 Å². The number of fused-ring (bicyclic) bond motifs is 1. The highest BCUT2D eigenvalue weighted by Crippen LogP contribution is 2.47. The van der Waals surface area contributed by atoms with Gasteiger partial charge in [-0.05, 0) is 63.0 Å². The first-order valence-electron chi connectivity index (χ1n) is 13.1. The topological polar surface area (TPSA) is 36.3 Å². The van der Waals surface area contributed by atoms with Gasteiger partial charge in [0.15, 0.2) is 0 Å². The van der Waals surface area contributed by atoms with Crippen LogP contribution in [0.15, 0.2) is 36.7 Å². The van der Waals surface area contributed by atoms with Crippen LogP contribution in [0.1, 0.15) is 49.8 Å². The van der Waals surface area contributed by atoms with Crippen molar-refractivity contribution in [3.8, 4) is 10.6 Å². The normalized spacial score (nSPS) is 22.3. The molecule has 6 heteroatoms. The molecule has 0 spiro atoms. The maximum atomic E-state index is 4.96. The molecule has 3 fully saturated rings. The number of piperazine rings is 1. The van der Waals surface area contributed by atoms with E-state index in [2.05, 4.69) is 56.3 Å². The maximum absolute atomic E-state index is 4.96. The van der Waals surface area contributed by atoms with Gasteiger partial charge in [-0.15, -0.1) is 11.3 Å². The second kappa shape index (κ2) is 9.49. The Bertz CT molecular complexity index is 1070. The number of rotatable bonds is 6. The molecule has 0 atom stereocenters. The van der Waals surface area contributed by atoms with Crippen LogP contribution in [0.3, 0.4) is 0 Å². The van der Waals surface area contributed by atoms with Crippen LogP contribution in [0.4, 0.5) is 0 Å². The Hall–Kier alpha value is -1.73. The summed E-state index contributed by atoms with van der Waals surface area (Å²) >= 11 is 1.95. The highest BCUT2D eigenvalue weighted by Gasteiger charge is 2.42. The molecule has 1 aromatic carbocycles. The molecule has 3 aliphatic rings. The molecule has 3 aromatic rings. The van der Waals surface area contributed by atoms with Gasteiger partial charge in [0, 0.05) is 73.0 Å². The van der Waals surface area contributed by atoms with E-state index >= 15 is 0 Å². The zero-order chi connectivity index (χ0) is 22.1. The predicted molar refractivity (Wildman–Crippen MR) is 138 cm³/mol. The molecule has 1 N–H and O–H groups in total. The van der Waals surface area contributed by atoms with Crippen molar-refractivity contribution in [3.05, 3.63) is 41.5 Å². The quantitative estimate of drug-likeness (QED) is 0.563. The van der Waals surface area contributed by atoms with Crippen LogP contribution in [0, 0.1) is 0 Å². The number of benzene rings is 1. The highest BCUT2D eigenvalue weighted by atomic mass is 32.1. The second-order valence-electron chi connectivity index (χ2n) is 10.2. The van der Waals surface area contributed by atoms with Gasteiger partial charge in [-0.3, -0.25) is 9.80 Å². The van der Waals surface area contributed by atoms with Gasteiger partial charge in [0.2, 0.25) is 0 Å². The number of aromatic nitrogens is 2. The third-order valence-corrected chi connectivity index (χ3v) is 9.48. The van der Waals surface area contributed by atoms with E-state index in [0.717, 1.165) is 39.3 Å². The lowest BCUT2D eigenvalue weighted by molar-refractivity contribution is 0.0739. The number of likely N-dealkylation sites (tertiary alicyclic amines) is 1. The minimum absolute atomic E-state index is 0.252. The molecule has 0 bridgehead atoms. The van der Waals surface area contributed by atoms with E-state index in [1.807, 2.05) is 11.3 Å². The number of hydrogen-bond donors (Lipinski definition) is 1. The molecule has 2 aromatic heterocycles. The van der Waals surface area contributed by atoms with Crippen molar-refractivity contribution < 1.29 is 0 Å². The summed E-state index contributed by atoms with van der Waals surface area (Å²) < 4.78 is 2.42. The number of nitrogens with one attached hydrogen (secondary N) is 1. The third-order valence-electron chi connectivity index (χ3n) is 8.24. The molecule has 5 nitrogen and oxygen atoms in total. The van der Waals surface area contributed by atoms with Crippen molar-refractivity contribution in [1.82, 2.24) is 24.7 Å². The number of nitrogens with zero attached hydrogens (tertiary/aromatic N) is 4. The van der Waals surface area contributed by atoms with E-state index in [9.17, 15) is 0 Å². The molecule has 0 amide bonds.